The van der Waals surface area contributed by atoms with Crippen LogP contribution in [0.4, 0.5) is 18.9 Å². The van der Waals surface area contributed by atoms with Gasteiger partial charge in [0.1, 0.15) is 5.75 Å². The van der Waals surface area contributed by atoms with Crippen molar-refractivity contribution in [1.82, 2.24) is 4.98 Å². The number of carbonyl (C=O) groups is 1. The Balaban J connectivity index is 2.03. The number of rotatable bonds is 4. The molecule has 0 saturated carbocycles. The fraction of sp³-hybridized carbons (Fsp3) is 0.294. The number of hydrogen-bond donors (Lipinski definition) is 1. The molecule has 2 rings (SSSR count). The van der Waals surface area contributed by atoms with Gasteiger partial charge in [-0.2, -0.15) is 0 Å². The van der Waals surface area contributed by atoms with E-state index in [4.69, 9.17) is 0 Å². The van der Waals surface area contributed by atoms with Gasteiger partial charge in [-0.1, -0.05) is 12.1 Å². The Morgan fingerprint density at radius 1 is 1.17 bits per heavy atom. The van der Waals surface area contributed by atoms with Crippen LogP contribution in [0.1, 0.15) is 22.5 Å². The molecule has 1 heterocycles. The highest BCUT2D eigenvalue weighted by molar-refractivity contribution is 5.93. The normalized spacial score (nSPS) is 11.2. The summed E-state index contributed by atoms with van der Waals surface area (Å²) in [6.07, 6.45) is -4.69. The van der Waals surface area contributed by atoms with Gasteiger partial charge in [-0.3, -0.25) is 9.78 Å². The Hall–Kier alpha value is -2.57. The first-order valence-electron chi connectivity index (χ1n) is 7.23. The molecule has 1 aromatic carbocycles. The molecule has 1 N–H and O–H groups in total. The van der Waals surface area contributed by atoms with Crippen LogP contribution in [-0.2, 0) is 11.2 Å². The molecule has 0 spiro atoms. The monoisotopic (exact) mass is 338 g/mol. The molecule has 1 amide bonds. The largest absolute Gasteiger partial charge is 0.573 e. The first-order valence-corrected chi connectivity index (χ1v) is 7.23. The Bertz CT molecular complexity index is 717. The highest BCUT2D eigenvalue weighted by Crippen LogP contribution is 2.23. The van der Waals surface area contributed by atoms with Crippen molar-refractivity contribution in [3.8, 4) is 5.75 Å². The molecule has 0 bridgehead atoms. The number of amides is 1. The predicted octanol–water partition coefficient (Wildman–Crippen LogP) is 4.09. The predicted molar refractivity (Wildman–Crippen MR) is 83.9 cm³/mol. The molecule has 1 aromatic heterocycles. The SMILES string of the molecule is Cc1cc(C)c(NC(=O)Cc2ccc(OC(F)(F)F)cc2)c(C)n1. The lowest BCUT2D eigenvalue weighted by Gasteiger charge is -2.12. The third-order valence-electron chi connectivity index (χ3n) is 3.31. The summed E-state index contributed by atoms with van der Waals surface area (Å²) in [6.45, 7) is 5.55. The van der Waals surface area contributed by atoms with Crippen molar-refractivity contribution >= 4 is 11.6 Å². The molecule has 0 aliphatic heterocycles. The van der Waals surface area contributed by atoms with Crippen molar-refractivity contribution in [2.24, 2.45) is 0 Å². The summed E-state index contributed by atoms with van der Waals surface area (Å²) in [6, 6.07) is 7.08. The maximum absolute atomic E-state index is 12.1. The van der Waals surface area contributed by atoms with Crippen LogP contribution in [0.25, 0.3) is 0 Å². The molecule has 0 saturated heterocycles. The smallest absolute Gasteiger partial charge is 0.406 e. The molecule has 0 aliphatic carbocycles. The topological polar surface area (TPSA) is 51.2 Å². The van der Waals surface area contributed by atoms with Crippen LogP contribution in [0.2, 0.25) is 0 Å². The highest BCUT2D eigenvalue weighted by Gasteiger charge is 2.30. The Morgan fingerprint density at radius 2 is 1.79 bits per heavy atom. The number of carbonyl (C=O) groups excluding carboxylic acids is 1. The number of benzene rings is 1. The minimum absolute atomic E-state index is 0.0407. The van der Waals surface area contributed by atoms with Crippen LogP contribution in [0.3, 0.4) is 0 Å². The van der Waals surface area contributed by atoms with Crippen molar-refractivity contribution in [2.75, 3.05) is 5.32 Å². The molecule has 7 heteroatoms. The zero-order valence-corrected chi connectivity index (χ0v) is 13.5. The van der Waals surface area contributed by atoms with Crippen molar-refractivity contribution in [3.05, 3.63) is 52.8 Å². The van der Waals surface area contributed by atoms with Gasteiger partial charge < -0.3 is 10.1 Å². The van der Waals surface area contributed by atoms with E-state index in [1.165, 1.54) is 24.3 Å². The van der Waals surface area contributed by atoms with Crippen LogP contribution >= 0.6 is 0 Å². The summed E-state index contributed by atoms with van der Waals surface area (Å²) in [5, 5.41) is 2.79. The molecule has 24 heavy (non-hydrogen) atoms. The summed E-state index contributed by atoms with van der Waals surface area (Å²) in [5.41, 5.74) is 3.72. The quantitative estimate of drug-likeness (QED) is 0.914. The molecular weight excluding hydrogens is 321 g/mol. The molecule has 0 unspecified atom stereocenters. The third-order valence-corrected chi connectivity index (χ3v) is 3.31. The zero-order valence-electron chi connectivity index (χ0n) is 13.5. The average molecular weight is 338 g/mol. The van der Waals surface area contributed by atoms with Gasteiger partial charge in [-0.05, 0) is 50.1 Å². The number of pyridine rings is 1. The van der Waals surface area contributed by atoms with Crippen LogP contribution in [0.5, 0.6) is 5.75 Å². The Kier molecular flexibility index (Phi) is 5.11. The van der Waals surface area contributed by atoms with Gasteiger partial charge in [0.15, 0.2) is 0 Å². The maximum atomic E-state index is 12.1. The second-order valence-corrected chi connectivity index (χ2v) is 5.46. The lowest BCUT2D eigenvalue weighted by atomic mass is 10.1. The first-order chi connectivity index (χ1) is 11.1. The number of anilines is 1. The van der Waals surface area contributed by atoms with E-state index in [0.29, 0.717) is 11.3 Å². The average Bonchev–Trinajstić information content (AvgIpc) is 2.43. The van der Waals surface area contributed by atoms with Gasteiger partial charge in [0, 0.05) is 5.69 Å². The second-order valence-electron chi connectivity index (χ2n) is 5.46. The number of ether oxygens (including phenoxy) is 1. The second kappa shape index (κ2) is 6.90. The third kappa shape index (κ3) is 4.97. The van der Waals surface area contributed by atoms with Crippen LogP contribution < -0.4 is 10.1 Å². The summed E-state index contributed by atoms with van der Waals surface area (Å²) < 4.78 is 40.1. The van der Waals surface area contributed by atoms with Gasteiger partial charge in [0.2, 0.25) is 5.91 Å². The van der Waals surface area contributed by atoms with Gasteiger partial charge >= 0.3 is 6.36 Å². The number of nitrogens with zero attached hydrogens (tertiary/aromatic N) is 1. The van der Waals surface area contributed by atoms with E-state index >= 15 is 0 Å². The summed E-state index contributed by atoms with van der Waals surface area (Å²) >= 11 is 0. The first kappa shape index (κ1) is 17.8. The van der Waals surface area contributed by atoms with E-state index < -0.39 is 6.36 Å². The fourth-order valence-corrected chi connectivity index (χ4v) is 2.39. The number of halogens is 3. The molecule has 2 aromatic rings. The molecule has 0 atom stereocenters. The van der Waals surface area contributed by atoms with Gasteiger partial charge in [0.05, 0.1) is 17.8 Å². The number of alkyl halides is 3. The summed E-state index contributed by atoms with van der Waals surface area (Å²) in [5.74, 6) is -0.586. The van der Waals surface area contributed by atoms with E-state index in [1.54, 1.807) is 6.92 Å². The van der Waals surface area contributed by atoms with Crippen LogP contribution in [0.15, 0.2) is 30.3 Å². The lowest BCUT2D eigenvalue weighted by Crippen LogP contribution is -2.18. The summed E-state index contributed by atoms with van der Waals surface area (Å²) in [4.78, 5) is 16.4. The van der Waals surface area contributed by atoms with Crippen LogP contribution in [0, 0.1) is 20.8 Å². The molecule has 4 nitrogen and oxygen atoms in total. The van der Waals surface area contributed by atoms with Crippen molar-refractivity contribution in [3.63, 3.8) is 0 Å². The van der Waals surface area contributed by atoms with E-state index in [-0.39, 0.29) is 18.1 Å². The van der Waals surface area contributed by atoms with Gasteiger partial charge in [-0.15, -0.1) is 13.2 Å². The maximum Gasteiger partial charge on any atom is 0.573 e. The van der Waals surface area contributed by atoms with Crippen molar-refractivity contribution < 1.29 is 22.7 Å². The number of aromatic nitrogens is 1. The number of aryl methyl sites for hydroxylation is 3. The van der Waals surface area contributed by atoms with E-state index in [2.05, 4.69) is 15.0 Å². The highest BCUT2D eigenvalue weighted by atomic mass is 19.4. The van der Waals surface area contributed by atoms with E-state index in [0.717, 1.165) is 17.0 Å². The molecule has 0 radical (unpaired) electrons. The number of hydrogen-bond acceptors (Lipinski definition) is 3. The van der Waals surface area contributed by atoms with Crippen molar-refractivity contribution in [1.29, 1.82) is 0 Å². The van der Waals surface area contributed by atoms with Gasteiger partial charge in [-0.25, -0.2) is 0 Å². The van der Waals surface area contributed by atoms with Crippen LogP contribution in [-0.4, -0.2) is 17.3 Å². The van der Waals surface area contributed by atoms with Gasteiger partial charge in [0.25, 0.3) is 0 Å². The Morgan fingerprint density at radius 3 is 2.33 bits per heavy atom. The lowest BCUT2D eigenvalue weighted by molar-refractivity contribution is -0.274. The summed E-state index contributed by atoms with van der Waals surface area (Å²) in [7, 11) is 0. The van der Waals surface area contributed by atoms with E-state index in [9.17, 15) is 18.0 Å². The zero-order chi connectivity index (χ0) is 17.9. The Labute approximate surface area is 137 Å². The standard InChI is InChI=1S/C17H17F3N2O2/c1-10-8-11(2)21-12(3)16(10)22-15(23)9-13-4-6-14(7-5-13)24-17(18,19)20/h4-8H,9H2,1-3H3,(H,22,23). The number of nitrogens with one attached hydrogen (secondary N) is 1. The minimum atomic E-state index is -4.73. The molecular formula is C17H17F3N2O2. The molecule has 0 aliphatic rings. The molecule has 0 fully saturated rings. The molecule has 128 valence electrons. The fourth-order valence-electron chi connectivity index (χ4n) is 2.39. The van der Waals surface area contributed by atoms with E-state index in [1.807, 2.05) is 19.9 Å². The minimum Gasteiger partial charge on any atom is -0.406 e. The van der Waals surface area contributed by atoms with Crippen molar-refractivity contribution in [2.45, 2.75) is 33.6 Å².